The van der Waals surface area contributed by atoms with E-state index in [0.29, 0.717) is 0 Å². The lowest BCUT2D eigenvalue weighted by Gasteiger charge is -2.22. The van der Waals surface area contributed by atoms with Gasteiger partial charge in [0.05, 0.1) is 0 Å². The maximum Gasteiger partial charge on any atom is 0.136 e. The third-order valence-electron chi connectivity index (χ3n) is 11.6. The third-order valence-corrected chi connectivity index (χ3v) is 11.6. The van der Waals surface area contributed by atoms with Gasteiger partial charge in [-0.3, -0.25) is 0 Å². The topological polar surface area (TPSA) is 13.1 Å². The maximum absolute atomic E-state index is 6.26. The molecule has 1 aliphatic carbocycles. The monoisotopic (exact) mass is 662 g/mol. The zero-order chi connectivity index (χ0) is 34.6. The standard InChI is InChI=1S/C51H34O/c1-51(2)45-25-24-34(26-42(45)43-27-35-28-44-37-14-10-11-19-47(37)52-48(44)30-36(35)29-46(43)51)31-20-22-33(23-21-31)50-40-17-8-6-15-38(40)49(32-12-4-3-5-13-32)39-16-7-9-18-41(39)50/h3-30H,1-2H3. The molecule has 1 heterocycles. The van der Waals surface area contributed by atoms with Crippen molar-refractivity contribution in [2.45, 2.75) is 19.3 Å². The molecule has 0 saturated heterocycles. The molecule has 0 saturated carbocycles. The van der Waals surface area contributed by atoms with Gasteiger partial charge in [-0.05, 0) is 124 Å². The summed E-state index contributed by atoms with van der Waals surface area (Å²) in [6.45, 7) is 4.71. The second-order valence-electron chi connectivity index (χ2n) is 14.9. The SMILES string of the molecule is CC1(C)c2ccc(-c3ccc(-c4c5ccccc5c(-c5ccccc5)c5ccccc45)cc3)cc2-c2cc3cc4c(cc3cc21)oc1ccccc14. The molecule has 0 amide bonds. The van der Waals surface area contributed by atoms with Crippen LogP contribution in [0.1, 0.15) is 25.0 Å². The van der Waals surface area contributed by atoms with Crippen LogP contribution in [0.15, 0.2) is 174 Å². The van der Waals surface area contributed by atoms with Gasteiger partial charge in [0.25, 0.3) is 0 Å². The molecule has 244 valence electrons. The predicted octanol–water partition coefficient (Wildman–Crippen LogP) is 14.4. The summed E-state index contributed by atoms with van der Waals surface area (Å²) in [5.74, 6) is 0. The average molecular weight is 663 g/mol. The van der Waals surface area contributed by atoms with Gasteiger partial charge in [0.2, 0.25) is 0 Å². The second kappa shape index (κ2) is 10.8. The number of furan rings is 1. The van der Waals surface area contributed by atoms with E-state index in [0.717, 1.165) is 11.2 Å². The van der Waals surface area contributed by atoms with Gasteiger partial charge in [-0.2, -0.15) is 0 Å². The van der Waals surface area contributed by atoms with E-state index in [1.165, 1.54) is 98.7 Å². The summed E-state index contributed by atoms with van der Waals surface area (Å²) in [5, 5.41) is 9.91. The van der Waals surface area contributed by atoms with E-state index >= 15 is 0 Å². The Kier molecular flexibility index (Phi) is 6.08. The molecule has 0 N–H and O–H groups in total. The Bertz CT molecular complexity index is 3010. The highest BCUT2D eigenvalue weighted by Crippen LogP contribution is 2.51. The summed E-state index contributed by atoms with van der Waals surface area (Å²) in [6, 6.07) is 62.5. The van der Waals surface area contributed by atoms with Crippen LogP contribution in [0.2, 0.25) is 0 Å². The highest BCUT2D eigenvalue weighted by Gasteiger charge is 2.36. The molecule has 0 bridgehead atoms. The average Bonchev–Trinajstić information content (AvgIpc) is 3.65. The molecule has 0 radical (unpaired) electrons. The lowest BCUT2D eigenvalue weighted by Crippen LogP contribution is -2.14. The smallest absolute Gasteiger partial charge is 0.136 e. The normalized spacial score (nSPS) is 13.3. The zero-order valence-corrected chi connectivity index (χ0v) is 29.1. The van der Waals surface area contributed by atoms with Crippen LogP contribution in [0.3, 0.4) is 0 Å². The molecule has 1 nitrogen and oxygen atoms in total. The molecule has 0 fully saturated rings. The molecule has 0 unspecified atom stereocenters. The van der Waals surface area contributed by atoms with E-state index in [1.54, 1.807) is 0 Å². The van der Waals surface area contributed by atoms with Gasteiger partial charge in [0, 0.05) is 16.2 Å². The van der Waals surface area contributed by atoms with E-state index in [-0.39, 0.29) is 5.41 Å². The van der Waals surface area contributed by atoms with E-state index in [2.05, 4.69) is 178 Å². The molecule has 1 aliphatic rings. The molecule has 52 heavy (non-hydrogen) atoms. The fraction of sp³-hybridized carbons (Fsp3) is 0.0588. The Morgan fingerprint density at radius 2 is 0.865 bits per heavy atom. The van der Waals surface area contributed by atoms with Crippen molar-refractivity contribution < 1.29 is 4.42 Å². The Hall–Kier alpha value is -6.44. The van der Waals surface area contributed by atoms with Crippen molar-refractivity contribution in [2.24, 2.45) is 0 Å². The number of rotatable bonds is 3. The summed E-state index contributed by atoms with van der Waals surface area (Å²) in [6.07, 6.45) is 0. The Labute approximate surface area is 302 Å². The van der Waals surface area contributed by atoms with Crippen LogP contribution in [-0.2, 0) is 5.41 Å². The van der Waals surface area contributed by atoms with Crippen molar-refractivity contribution in [2.75, 3.05) is 0 Å². The molecule has 0 aliphatic heterocycles. The van der Waals surface area contributed by atoms with Crippen LogP contribution in [0, 0.1) is 0 Å². The second-order valence-corrected chi connectivity index (χ2v) is 14.9. The highest BCUT2D eigenvalue weighted by atomic mass is 16.3. The highest BCUT2D eigenvalue weighted by molar-refractivity contribution is 6.21. The molecule has 0 spiro atoms. The summed E-state index contributed by atoms with van der Waals surface area (Å²) in [7, 11) is 0. The van der Waals surface area contributed by atoms with E-state index < -0.39 is 0 Å². The van der Waals surface area contributed by atoms with Gasteiger partial charge in [-0.1, -0.05) is 147 Å². The summed E-state index contributed by atoms with van der Waals surface area (Å²) in [4.78, 5) is 0. The van der Waals surface area contributed by atoms with Crippen LogP contribution >= 0.6 is 0 Å². The fourth-order valence-corrected chi connectivity index (χ4v) is 9.08. The van der Waals surface area contributed by atoms with Crippen molar-refractivity contribution in [3.05, 3.63) is 181 Å². The lowest BCUT2D eigenvalue weighted by molar-refractivity contribution is 0.661. The van der Waals surface area contributed by atoms with Crippen molar-refractivity contribution in [1.29, 1.82) is 0 Å². The number of benzene rings is 9. The van der Waals surface area contributed by atoms with E-state index in [4.69, 9.17) is 4.42 Å². The van der Waals surface area contributed by atoms with Gasteiger partial charge < -0.3 is 4.42 Å². The van der Waals surface area contributed by atoms with Gasteiger partial charge in [0.15, 0.2) is 0 Å². The number of hydrogen-bond acceptors (Lipinski definition) is 1. The minimum absolute atomic E-state index is 0.0991. The number of hydrogen-bond donors (Lipinski definition) is 0. The van der Waals surface area contributed by atoms with Gasteiger partial charge in [-0.15, -0.1) is 0 Å². The first kappa shape index (κ1) is 29.3. The Morgan fingerprint density at radius 3 is 1.54 bits per heavy atom. The van der Waals surface area contributed by atoms with Gasteiger partial charge in [0.1, 0.15) is 11.2 Å². The van der Waals surface area contributed by atoms with Gasteiger partial charge >= 0.3 is 0 Å². The summed E-state index contributed by atoms with van der Waals surface area (Å²) in [5.41, 5.74) is 14.7. The minimum Gasteiger partial charge on any atom is -0.456 e. The first-order chi connectivity index (χ1) is 25.5. The van der Waals surface area contributed by atoms with Crippen molar-refractivity contribution in [3.63, 3.8) is 0 Å². The molecule has 0 atom stereocenters. The molecule has 11 rings (SSSR count). The Balaban J connectivity index is 1.04. The van der Waals surface area contributed by atoms with Crippen molar-refractivity contribution in [1.82, 2.24) is 0 Å². The van der Waals surface area contributed by atoms with E-state index in [1.807, 2.05) is 6.07 Å². The first-order valence-electron chi connectivity index (χ1n) is 18.2. The van der Waals surface area contributed by atoms with Crippen LogP contribution in [-0.4, -0.2) is 0 Å². The molecule has 10 aromatic rings. The third kappa shape index (κ3) is 4.17. The number of para-hydroxylation sites is 1. The first-order valence-corrected chi connectivity index (χ1v) is 18.2. The Morgan fingerprint density at radius 1 is 0.346 bits per heavy atom. The van der Waals surface area contributed by atoms with Crippen LogP contribution < -0.4 is 0 Å². The number of fused-ring (bicyclic) bond motifs is 9. The summed E-state index contributed by atoms with van der Waals surface area (Å²) < 4.78 is 6.26. The molecule has 1 heteroatoms. The molecular weight excluding hydrogens is 629 g/mol. The largest absolute Gasteiger partial charge is 0.456 e. The quantitative estimate of drug-likeness (QED) is 0.172. The fourth-order valence-electron chi connectivity index (χ4n) is 9.08. The van der Waals surface area contributed by atoms with E-state index in [9.17, 15) is 0 Å². The van der Waals surface area contributed by atoms with Crippen molar-refractivity contribution in [3.8, 4) is 44.5 Å². The van der Waals surface area contributed by atoms with Crippen LogP contribution in [0.4, 0.5) is 0 Å². The maximum atomic E-state index is 6.26. The molecule has 9 aromatic carbocycles. The molecule has 1 aromatic heterocycles. The van der Waals surface area contributed by atoms with Gasteiger partial charge in [-0.25, -0.2) is 0 Å². The zero-order valence-electron chi connectivity index (χ0n) is 29.1. The predicted molar refractivity (Wildman–Crippen MR) is 220 cm³/mol. The van der Waals surface area contributed by atoms with Crippen LogP contribution in [0.25, 0.3) is 98.8 Å². The van der Waals surface area contributed by atoms with Crippen LogP contribution in [0.5, 0.6) is 0 Å². The molecular formula is C51H34O. The minimum atomic E-state index is -0.0991. The lowest BCUT2D eigenvalue weighted by atomic mass is 9.81. The summed E-state index contributed by atoms with van der Waals surface area (Å²) >= 11 is 0. The van der Waals surface area contributed by atoms with Crippen molar-refractivity contribution >= 4 is 54.3 Å².